The van der Waals surface area contributed by atoms with E-state index in [9.17, 15) is 22.0 Å². The predicted molar refractivity (Wildman–Crippen MR) is 103 cm³/mol. The van der Waals surface area contributed by atoms with E-state index in [4.69, 9.17) is 0 Å². The first-order chi connectivity index (χ1) is 13.3. The van der Waals surface area contributed by atoms with E-state index in [1.54, 1.807) is 6.92 Å². The summed E-state index contributed by atoms with van der Waals surface area (Å²) in [5.41, 5.74) is -0.0299. The van der Waals surface area contributed by atoms with Crippen molar-refractivity contribution in [2.75, 3.05) is 24.2 Å². The van der Waals surface area contributed by atoms with Gasteiger partial charge in [-0.1, -0.05) is 30.3 Å². The van der Waals surface area contributed by atoms with E-state index in [-0.39, 0.29) is 30.4 Å². The molecule has 1 heterocycles. The first kappa shape index (κ1) is 20.4. The van der Waals surface area contributed by atoms with Crippen LogP contribution in [-0.2, 0) is 20.2 Å². The topological polar surface area (TPSA) is 66.5 Å². The summed E-state index contributed by atoms with van der Waals surface area (Å²) in [6.07, 6.45) is 0.595. The fraction of sp³-hybridized carbons (Fsp3) is 0.350. The third-order valence-corrected chi connectivity index (χ3v) is 7.15. The number of sulfonamides is 1. The van der Waals surface area contributed by atoms with E-state index < -0.39 is 27.1 Å². The molecule has 2 aromatic rings. The van der Waals surface area contributed by atoms with Gasteiger partial charge in [0.2, 0.25) is 15.9 Å². The quantitative estimate of drug-likeness (QED) is 0.826. The molecule has 1 saturated heterocycles. The van der Waals surface area contributed by atoms with Crippen LogP contribution in [0.4, 0.5) is 14.5 Å². The van der Waals surface area contributed by atoms with Gasteiger partial charge in [0.05, 0.1) is 11.2 Å². The van der Waals surface area contributed by atoms with Gasteiger partial charge in [0.25, 0.3) is 0 Å². The molecule has 0 saturated carbocycles. The van der Waals surface area contributed by atoms with E-state index in [0.29, 0.717) is 12.8 Å². The van der Waals surface area contributed by atoms with Gasteiger partial charge in [-0.3, -0.25) is 4.79 Å². The van der Waals surface area contributed by atoms with Gasteiger partial charge in [0.15, 0.2) is 11.6 Å². The minimum Gasteiger partial charge on any atom is -0.325 e. The molecule has 0 aliphatic carbocycles. The lowest BCUT2D eigenvalue weighted by atomic mass is 9.72. The van der Waals surface area contributed by atoms with Gasteiger partial charge in [-0.25, -0.2) is 21.5 Å². The Kier molecular flexibility index (Phi) is 5.81. The van der Waals surface area contributed by atoms with Crippen molar-refractivity contribution < 1.29 is 22.0 Å². The Bertz CT molecular complexity index is 957. The first-order valence-electron chi connectivity index (χ1n) is 9.08. The minimum atomic E-state index is -3.34. The van der Waals surface area contributed by atoms with Crippen molar-refractivity contribution in [3.63, 3.8) is 0 Å². The van der Waals surface area contributed by atoms with Crippen LogP contribution in [0.1, 0.15) is 25.3 Å². The van der Waals surface area contributed by atoms with E-state index in [2.05, 4.69) is 5.32 Å². The minimum absolute atomic E-state index is 0.00634. The summed E-state index contributed by atoms with van der Waals surface area (Å²) in [6.45, 7) is 2.02. The molecule has 1 fully saturated rings. The molecule has 28 heavy (non-hydrogen) atoms. The van der Waals surface area contributed by atoms with E-state index in [0.717, 1.165) is 17.7 Å². The third-order valence-electron chi connectivity index (χ3n) is 5.27. The standard InChI is InChI=1S/C20H22F2N2O3S/c1-2-28(26,27)24-12-10-20(11-13-24,15-6-4-3-5-7-15)19(25)23-16-8-9-17(21)18(22)14-16/h3-9,14H,2,10-13H2,1H3,(H,23,25). The van der Waals surface area contributed by atoms with Crippen LogP contribution in [0.25, 0.3) is 0 Å². The second kappa shape index (κ2) is 7.97. The summed E-state index contributed by atoms with van der Waals surface area (Å²) in [4.78, 5) is 13.2. The number of halogens is 2. The molecule has 0 aromatic heterocycles. The Balaban J connectivity index is 1.90. The number of carbonyl (C=O) groups excluding carboxylic acids is 1. The van der Waals surface area contributed by atoms with Crippen molar-refractivity contribution >= 4 is 21.6 Å². The number of hydrogen-bond donors (Lipinski definition) is 1. The molecule has 1 aliphatic rings. The molecule has 8 heteroatoms. The molecular weight excluding hydrogens is 386 g/mol. The maximum atomic E-state index is 13.5. The molecule has 0 bridgehead atoms. The maximum absolute atomic E-state index is 13.5. The maximum Gasteiger partial charge on any atom is 0.235 e. The van der Waals surface area contributed by atoms with Gasteiger partial charge in [-0.15, -0.1) is 0 Å². The van der Waals surface area contributed by atoms with E-state index in [1.165, 1.54) is 10.4 Å². The fourth-order valence-electron chi connectivity index (χ4n) is 3.56. The molecule has 0 unspecified atom stereocenters. The molecule has 2 aromatic carbocycles. The van der Waals surface area contributed by atoms with Crippen molar-refractivity contribution in [3.8, 4) is 0 Å². The summed E-state index contributed by atoms with van der Waals surface area (Å²) in [5, 5.41) is 2.67. The van der Waals surface area contributed by atoms with Crippen LogP contribution in [0.3, 0.4) is 0 Å². The van der Waals surface area contributed by atoms with Crippen LogP contribution in [0.15, 0.2) is 48.5 Å². The van der Waals surface area contributed by atoms with Crippen molar-refractivity contribution in [2.24, 2.45) is 0 Å². The van der Waals surface area contributed by atoms with Crippen LogP contribution in [0.2, 0.25) is 0 Å². The van der Waals surface area contributed by atoms with Crippen LogP contribution in [0, 0.1) is 11.6 Å². The number of benzene rings is 2. The molecule has 0 radical (unpaired) electrons. The number of nitrogens with zero attached hydrogens (tertiary/aromatic N) is 1. The second-order valence-electron chi connectivity index (χ2n) is 6.83. The van der Waals surface area contributed by atoms with Gasteiger partial charge >= 0.3 is 0 Å². The largest absolute Gasteiger partial charge is 0.325 e. The molecule has 150 valence electrons. The Morgan fingerprint density at radius 1 is 1.07 bits per heavy atom. The number of piperidine rings is 1. The van der Waals surface area contributed by atoms with Crippen LogP contribution in [-0.4, -0.2) is 37.5 Å². The molecule has 1 N–H and O–H groups in total. The number of rotatable bonds is 5. The molecule has 1 amide bonds. The van der Waals surface area contributed by atoms with Gasteiger partial charge in [-0.2, -0.15) is 0 Å². The summed E-state index contributed by atoms with van der Waals surface area (Å²) >= 11 is 0. The molecule has 3 rings (SSSR count). The highest BCUT2D eigenvalue weighted by Crippen LogP contribution is 2.37. The van der Waals surface area contributed by atoms with Crippen LogP contribution in [0.5, 0.6) is 0 Å². The molecule has 0 spiro atoms. The number of hydrogen-bond acceptors (Lipinski definition) is 3. The average Bonchev–Trinajstić information content (AvgIpc) is 2.71. The van der Waals surface area contributed by atoms with Crippen LogP contribution >= 0.6 is 0 Å². The Hall–Kier alpha value is -2.32. The van der Waals surface area contributed by atoms with Crippen LogP contribution < -0.4 is 5.32 Å². The molecular formula is C20H22F2N2O3S. The van der Waals surface area contributed by atoms with Crippen molar-refractivity contribution in [1.82, 2.24) is 4.31 Å². The summed E-state index contributed by atoms with van der Waals surface area (Å²) < 4.78 is 52.4. The third kappa shape index (κ3) is 3.93. The smallest absolute Gasteiger partial charge is 0.235 e. The zero-order valence-corrected chi connectivity index (χ0v) is 16.3. The Morgan fingerprint density at radius 2 is 1.71 bits per heavy atom. The summed E-state index contributed by atoms with van der Waals surface area (Å²) in [6, 6.07) is 12.3. The number of amides is 1. The fourth-order valence-corrected chi connectivity index (χ4v) is 4.66. The predicted octanol–water partition coefficient (Wildman–Crippen LogP) is 3.29. The highest BCUT2D eigenvalue weighted by Gasteiger charge is 2.44. The number of carbonyl (C=O) groups is 1. The average molecular weight is 408 g/mol. The molecule has 0 atom stereocenters. The van der Waals surface area contributed by atoms with E-state index in [1.807, 2.05) is 30.3 Å². The van der Waals surface area contributed by atoms with Gasteiger partial charge in [0.1, 0.15) is 0 Å². The molecule has 1 aliphatic heterocycles. The van der Waals surface area contributed by atoms with E-state index >= 15 is 0 Å². The zero-order chi connectivity index (χ0) is 20.4. The summed E-state index contributed by atoms with van der Waals surface area (Å²) in [7, 11) is -3.34. The normalized spacial score (nSPS) is 17.2. The summed E-state index contributed by atoms with van der Waals surface area (Å²) in [5.74, 6) is -2.39. The first-order valence-corrected chi connectivity index (χ1v) is 10.7. The molecule has 5 nitrogen and oxygen atoms in total. The SMILES string of the molecule is CCS(=O)(=O)N1CCC(C(=O)Nc2ccc(F)c(F)c2)(c2ccccc2)CC1. The Labute approximate surface area is 163 Å². The van der Waals surface area contributed by atoms with Crippen molar-refractivity contribution in [2.45, 2.75) is 25.2 Å². The zero-order valence-electron chi connectivity index (χ0n) is 15.5. The lowest BCUT2D eigenvalue weighted by molar-refractivity contribution is -0.123. The van der Waals surface area contributed by atoms with Gasteiger partial charge in [0, 0.05) is 24.8 Å². The van der Waals surface area contributed by atoms with Crippen molar-refractivity contribution in [1.29, 1.82) is 0 Å². The number of nitrogens with one attached hydrogen (secondary N) is 1. The highest BCUT2D eigenvalue weighted by atomic mass is 32.2. The Morgan fingerprint density at radius 3 is 2.29 bits per heavy atom. The second-order valence-corrected chi connectivity index (χ2v) is 9.09. The van der Waals surface area contributed by atoms with Crippen molar-refractivity contribution in [3.05, 3.63) is 65.7 Å². The lowest BCUT2D eigenvalue weighted by Crippen LogP contribution is -2.51. The highest BCUT2D eigenvalue weighted by molar-refractivity contribution is 7.89. The monoisotopic (exact) mass is 408 g/mol. The van der Waals surface area contributed by atoms with Gasteiger partial charge in [-0.05, 0) is 37.5 Å². The van der Waals surface area contributed by atoms with Gasteiger partial charge < -0.3 is 5.32 Å². The number of anilines is 1. The lowest BCUT2D eigenvalue weighted by Gasteiger charge is -2.40.